The number of piperidine rings is 1. The van der Waals surface area contributed by atoms with Gasteiger partial charge in [-0.25, -0.2) is 13.1 Å². The van der Waals surface area contributed by atoms with E-state index in [1.807, 2.05) is 0 Å². The number of hydrogen-bond acceptors (Lipinski definition) is 4. The van der Waals surface area contributed by atoms with E-state index in [9.17, 15) is 13.2 Å². The second kappa shape index (κ2) is 4.69. The number of rotatable bonds is 3. The van der Waals surface area contributed by atoms with Crippen LogP contribution in [0, 0.1) is 0 Å². The zero-order valence-corrected chi connectivity index (χ0v) is 11.1. The van der Waals surface area contributed by atoms with Crippen molar-refractivity contribution in [3.05, 3.63) is 12.3 Å². The maximum atomic E-state index is 12.2. The molecule has 1 aliphatic rings. The SMILES string of the molecule is Cn1nccc1N1CCCC(NS(C)(=O)=O)C1=O. The number of carbonyl (C=O) groups is 1. The standard InChI is InChI=1S/C10H16N4O3S/c1-13-9(5-6-11-13)14-7-3-4-8(10(14)15)12-18(2,16)17/h5-6,8,12H,3-4,7H2,1-2H3. The summed E-state index contributed by atoms with van der Waals surface area (Å²) in [5.74, 6) is 0.454. The number of aromatic nitrogens is 2. The lowest BCUT2D eigenvalue weighted by Crippen LogP contribution is -2.52. The summed E-state index contributed by atoms with van der Waals surface area (Å²) in [6.45, 7) is 0.584. The number of nitrogens with zero attached hydrogens (tertiary/aromatic N) is 3. The summed E-state index contributed by atoms with van der Waals surface area (Å²) in [5.41, 5.74) is 0. The summed E-state index contributed by atoms with van der Waals surface area (Å²) in [4.78, 5) is 13.8. The molecule has 1 unspecified atom stereocenters. The quantitative estimate of drug-likeness (QED) is 0.801. The molecule has 0 bridgehead atoms. The minimum Gasteiger partial charge on any atom is -0.296 e. The molecular formula is C10H16N4O3S. The van der Waals surface area contributed by atoms with Crippen LogP contribution in [-0.2, 0) is 21.9 Å². The topological polar surface area (TPSA) is 84.3 Å². The molecule has 0 aliphatic carbocycles. The van der Waals surface area contributed by atoms with Gasteiger partial charge in [-0.3, -0.25) is 14.4 Å². The van der Waals surface area contributed by atoms with Gasteiger partial charge < -0.3 is 0 Å². The molecular weight excluding hydrogens is 256 g/mol. The summed E-state index contributed by atoms with van der Waals surface area (Å²) in [6.07, 6.45) is 3.95. The van der Waals surface area contributed by atoms with Gasteiger partial charge in [0, 0.05) is 19.7 Å². The van der Waals surface area contributed by atoms with Crippen molar-refractivity contribution in [3.63, 3.8) is 0 Å². The highest BCUT2D eigenvalue weighted by Gasteiger charge is 2.32. The number of hydrogen-bond donors (Lipinski definition) is 1. The third-order valence-corrected chi connectivity index (χ3v) is 3.58. The Hall–Kier alpha value is -1.41. The van der Waals surface area contributed by atoms with Crippen molar-refractivity contribution in [3.8, 4) is 0 Å². The lowest BCUT2D eigenvalue weighted by molar-refractivity contribution is -0.121. The van der Waals surface area contributed by atoms with Gasteiger partial charge in [0.2, 0.25) is 15.9 Å². The van der Waals surface area contributed by atoms with E-state index >= 15 is 0 Å². The van der Waals surface area contributed by atoms with Crippen LogP contribution in [0.1, 0.15) is 12.8 Å². The van der Waals surface area contributed by atoms with E-state index in [0.717, 1.165) is 12.7 Å². The number of nitrogens with one attached hydrogen (secondary N) is 1. The molecule has 100 valence electrons. The molecule has 1 aliphatic heterocycles. The second-order valence-corrected chi connectivity index (χ2v) is 6.17. The first kappa shape index (κ1) is 13.0. The number of amides is 1. The van der Waals surface area contributed by atoms with Crippen molar-refractivity contribution >= 4 is 21.7 Å². The van der Waals surface area contributed by atoms with Crippen LogP contribution in [0.25, 0.3) is 0 Å². The van der Waals surface area contributed by atoms with Crippen LogP contribution in [0.5, 0.6) is 0 Å². The molecule has 0 spiro atoms. The Bertz CT molecular complexity index is 551. The molecule has 18 heavy (non-hydrogen) atoms. The minimum atomic E-state index is -3.38. The minimum absolute atomic E-state index is 0.227. The molecule has 8 heteroatoms. The molecule has 2 rings (SSSR count). The molecule has 1 fully saturated rings. The molecule has 7 nitrogen and oxygen atoms in total. The number of aryl methyl sites for hydroxylation is 1. The average Bonchev–Trinajstić information content (AvgIpc) is 2.66. The number of anilines is 1. The summed E-state index contributed by atoms with van der Waals surface area (Å²) in [7, 11) is -1.63. The molecule has 1 N–H and O–H groups in total. The van der Waals surface area contributed by atoms with Crippen LogP contribution >= 0.6 is 0 Å². The average molecular weight is 272 g/mol. The molecule has 0 aromatic carbocycles. The third-order valence-electron chi connectivity index (χ3n) is 2.87. The van der Waals surface area contributed by atoms with Crippen LogP contribution in [-0.4, -0.2) is 42.9 Å². The molecule has 1 aromatic rings. The summed E-state index contributed by atoms with van der Waals surface area (Å²) >= 11 is 0. The highest BCUT2D eigenvalue weighted by molar-refractivity contribution is 7.88. The van der Waals surface area contributed by atoms with Crippen LogP contribution in [0.3, 0.4) is 0 Å². The van der Waals surface area contributed by atoms with Gasteiger partial charge in [-0.15, -0.1) is 0 Å². The molecule has 1 saturated heterocycles. The highest BCUT2D eigenvalue weighted by Crippen LogP contribution is 2.20. The Morgan fingerprint density at radius 2 is 2.22 bits per heavy atom. The molecule has 0 saturated carbocycles. The van der Waals surface area contributed by atoms with Gasteiger partial charge in [0.1, 0.15) is 11.9 Å². The lowest BCUT2D eigenvalue weighted by Gasteiger charge is -2.31. The maximum Gasteiger partial charge on any atom is 0.246 e. The summed E-state index contributed by atoms with van der Waals surface area (Å²) in [6, 6.07) is 1.06. The van der Waals surface area contributed by atoms with Crippen molar-refractivity contribution in [2.24, 2.45) is 7.05 Å². The van der Waals surface area contributed by atoms with E-state index in [1.54, 1.807) is 28.9 Å². The van der Waals surface area contributed by atoms with Gasteiger partial charge in [-0.05, 0) is 12.8 Å². The molecule has 2 heterocycles. The number of sulfonamides is 1. The molecule has 1 amide bonds. The first-order valence-corrected chi connectivity index (χ1v) is 7.54. The molecule has 0 radical (unpaired) electrons. The van der Waals surface area contributed by atoms with Gasteiger partial charge in [-0.2, -0.15) is 5.10 Å². The van der Waals surface area contributed by atoms with Crippen LogP contribution in [0.2, 0.25) is 0 Å². The Morgan fingerprint density at radius 3 is 2.78 bits per heavy atom. The summed E-state index contributed by atoms with van der Waals surface area (Å²) < 4.78 is 26.4. The van der Waals surface area contributed by atoms with E-state index in [1.165, 1.54) is 0 Å². The Labute approximate surface area is 106 Å². The van der Waals surface area contributed by atoms with E-state index in [-0.39, 0.29) is 5.91 Å². The fourth-order valence-electron chi connectivity index (χ4n) is 2.10. The maximum absolute atomic E-state index is 12.2. The highest BCUT2D eigenvalue weighted by atomic mass is 32.2. The monoisotopic (exact) mass is 272 g/mol. The lowest BCUT2D eigenvalue weighted by atomic mass is 10.1. The smallest absolute Gasteiger partial charge is 0.246 e. The van der Waals surface area contributed by atoms with Crippen molar-refractivity contribution < 1.29 is 13.2 Å². The zero-order valence-electron chi connectivity index (χ0n) is 10.3. The van der Waals surface area contributed by atoms with Gasteiger partial charge in [0.15, 0.2) is 0 Å². The predicted octanol–water partition coefficient (Wildman–Crippen LogP) is -0.535. The van der Waals surface area contributed by atoms with Gasteiger partial charge in [-0.1, -0.05) is 0 Å². The van der Waals surface area contributed by atoms with Gasteiger partial charge >= 0.3 is 0 Å². The van der Waals surface area contributed by atoms with E-state index in [4.69, 9.17) is 0 Å². The van der Waals surface area contributed by atoms with Crippen molar-refractivity contribution in [1.29, 1.82) is 0 Å². The first-order chi connectivity index (χ1) is 8.38. The van der Waals surface area contributed by atoms with Crippen LogP contribution < -0.4 is 9.62 Å². The second-order valence-electron chi connectivity index (χ2n) is 4.39. The van der Waals surface area contributed by atoms with Crippen LogP contribution in [0.4, 0.5) is 5.82 Å². The normalized spacial score (nSPS) is 21.3. The Balaban J connectivity index is 2.20. The zero-order chi connectivity index (χ0) is 13.3. The Morgan fingerprint density at radius 1 is 1.50 bits per heavy atom. The van der Waals surface area contributed by atoms with E-state index in [0.29, 0.717) is 18.8 Å². The van der Waals surface area contributed by atoms with Crippen molar-refractivity contribution in [2.75, 3.05) is 17.7 Å². The number of carbonyl (C=O) groups excluding carboxylic acids is 1. The first-order valence-electron chi connectivity index (χ1n) is 5.65. The van der Waals surface area contributed by atoms with Crippen molar-refractivity contribution in [1.82, 2.24) is 14.5 Å². The van der Waals surface area contributed by atoms with Crippen LogP contribution in [0.15, 0.2) is 12.3 Å². The summed E-state index contributed by atoms with van der Waals surface area (Å²) in [5, 5.41) is 4.01. The molecule has 1 atom stereocenters. The largest absolute Gasteiger partial charge is 0.296 e. The predicted molar refractivity (Wildman–Crippen MR) is 66.6 cm³/mol. The van der Waals surface area contributed by atoms with E-state index in [2.05, 4.69) is 9.82 Å². The fraction of sp³-hybridized carbons (Fsp3) is 0.600. The van der Waals surface area contributed by atoms with Crippen molar-refractivity contribution in [2.45, 2.75) is 18.9 Å². The Kier molecular flexibility index (Phi) is 3.40. The van der Waals surface area contributed by atoms with Gasteiger partial charge in [0.25, 0.3) is 0 Å². The van der Waals surface area contributed by atoms with E-state index < -0.39 is 16.1 Å². The molecule has 1 aromatic heterocycles. The fourth-order valence-corrected chi connectivity index (χ4v) is 2.84. The van der Waals surface area contributed by atoms with Gasteiger partial charge in [0.05, 0.1) is 12.5 Å². The third kappa shape index (κ3) is 2.70.